The number of dihydropyridines is 1. The fourth-order valence-electron chi connectivity index (χ4n) is 7.58. The van der Waals surface area contributed by atoms with Crippen molar-refractivity contribution in [2.45, 2.75) is 65.7 Å². The number of carbonyl (C=O) groups excluding carboxylic acids is 4. The van der Waals surface area contributed by atoms with E-state index in [0.717, 1.165) is 43.4 Å². The van der Waals surface area contributed by atoms with Crippen molar-refractivity contribution in [2.24, 2.45) is 28.2 Å². The number of hydrogen-bond acceptors (Lipinski definition) is 7. The van der Waals surface area contributed by atoms with Gasteiger partial charge in [-0.15, -0.1) is 0 Å². The molecule has 2 aliphatic carbocycles. The highest BCUT2D eigenvalue weighted by Gasteiger charge is 2.51. The van der Waals surface area contributed by atoms with Crippen LogP contribution in [-0.4, -0.2) is 89.5 Å². The van der Waals surface area contributed by atoms with E-state index in [2.05, 4.69) is 35.5 Å². The van der Waals surface area contributed by atoms with Gasteiger partial charge in [-0.05, 0) is 63.0 Å². The number of fused-ring (bicyclic) bond motifs is 2. The van der Waals surface area contributed by atoms with E-state index < -0.39 is 5.41 Å². The zero-order chi connectivity index (χ0) is 31.4. The largest absolute Gasteiger partial charge is 0.355 e. The van der Waals surface area contributed by atoms with E-state index in [1.165, 1.54) is 34.5 Å². The number of hydrogen-bond donors (Lipinski definition) is 2. The lowest BCUT2D eigenvalue weighted by Crippen LogP contribution is -2.49. The van der Waals surface area contributed by atoms with Gasteiger partial charge < -0.3 is 20.5 Å². The number of aliphatic imine (C=N–C) groups is 1. The second kappa shape index (κ2) is 13.4. The molecule has 0 aromatic heterocycles. The lowest BCUT2D eigenvalue weighted by molar-refractivity contribution is -0.137. The topological polar surface area (TPSA) is 126 Å². The molecule has 0 spiro atoms. The molecule has 0 aromatic rings. The summed E-state index contributed by atoms with van der Waals surface area (Å²) in [5.41, 5.74) is 3.57. The first-order valence-corrected chi connectivity index (χ1v) is 16.3. The first kappa shape index (κ1) is 31.6. The monoisotopic (exact) mass is 602 g/mol. The molecule has 1 fully saturated rings. The van der Waals surface area contributed by atoms with E-state index in [4.69, 9.17) is 10.4 Å². The van der Waals surface area contributed by atoms with E-state index in [1.807, 2.05) is 13.8 Å². The minimum atomic E-state index is -1.04. The number of nitrogens with zero attached hydrogens (tertiary/aromatic N) is 4. The van der Waals surface area contributed by atoms with Gasteiger partial charge in [-0.3, -0.25) is 29.1 Å². The summed E-state index contributed by atoms with van der Waals surface area (Å²) >= 11 is 0. The molecule has 44 heavy (non-hydrogen) atoms. The van der Waals surface area contributed by atoms with Crippen LogP contribution in [0.3, 0.4) is 0 Å². The van der Waals surface area contributed by atoms with Crippen molar-refractivity contribution < 1.29 is 19.2 Å². The molecule has 0 radical (unpaired) electrons. The van der Waals surface area contributed by atoms with Crippen LogP contribution in [0.2, 0.25) is 0 Å². The zero-order valence-corrected chi connectivity index (χ0v) is 26.3. The molecule has 0 aromatic carbocycles. The third-order valence-electron chi connectivity index (χ3n) is 9.84. The van der Waals surface area contributed by atoms with Crippen molar-refractivity contribution in [2.75, 3.05) is 39.3 Å². The molecule has 3 aliphatic heterocycles. The van der Waals surface area contributed by atoms with Gasteiger partial charge in [0.05, 0.1) is 6.54 Å². The summed E-state index contributed by atoms with van der Waals surface area (Å²) in [5, 5.41) is 11.4. The highest BCUT2D eigenvalue weighted by molar-refractivity contribution is 6.13. The Bertz CT molecular complexity index is 1340. The van der Waals surface area contributed by atoms with Gasteiger partial charge in [0.2, 0.25) is 11.8 Å². The number of imide groups is 1. The summed E-state index contributed by atoms with van der Waals surface area (Å²) in [5.74, 6) is 0.151. The fraction of sp³-hybridized carbons (Fsp3) is 0.588. The molecule has 5 rings (SSSR count). The predicted molar refractivity (Wildman–Crippen MR) is 170 cm³/mol. The fourth-order valence-corrected chi connectivity index (χ4v) is 7.58. The molecule has 0 saturated heterocycles. The zero-order valence-electron chi connectivity index (χ0n) is 26.3. The van der Waals surface area contributed by atoms with Gasteiger partial charge in [0.25, 0.3) is 11.8 Å². The Kier molecular flexibility index (Phi) is 9.65. The number of carbonyl (C=O) groups is 4. The van der Waals surface area contributed by atoms with Crippen LogP contribution >= 0.6 is 0 Å². The average Bonchev–Trinajstić information content (AvgIpc) is 3.54. The minimum absolute atomic E-state index is 0.0376. The van der Waals surface area contributed by atoms with Crippen LogP contribution in [0.15, 0.2) is 52.3 Å². The number of rotatable bonds is 14. The summed E-state index contributed by atoms with van der Waals surface area (Å²) in [4.78, 5) is 60.2. The van der Waals surface area contributed by atoms with E-state index >= 15 is 0 Å². The number of amides is 4. The highest BCUT2D eigenvalue weighted by atomic mass is 16.2. The molecule has 2 unspecified atom stereocenters. The number of allylic oxidation sites excluding steroid dienone is 3. The second-order valence-electron chi connectivity index (χ2n) is 12.5. The average molecular weight is 603 g/mol. The smallest absolute Gasteiger partial charge is 0.253 e. The standard InChI is InChI=1S/C34H46N6O4/c1-4-10-23-11-12-27-32-24(17-26-25(31(23)32)18-34(21-35,22-37-26)33(44)38(5-2)6-3)19-39(27)20-28(41)36-15-8-7-9-16-40-29(42)13-14-30(40)43/h12-14,18-19,21,23,31-32,35H,4-11,15-17,20,22H2,1-3H3,(H,36,41)/t23-,31?,32?,34-/m0/s1. The lowest BCUT2D eigenvalue weighted by Gasteiger charge is -2.45. The van der Waals surface area contributed by atoms with Gasteiger partial charge in [-0.2, -0.15) is 0 Å². The van der Waals surface area contributed by atoms with Gasteiger partial charge >= 0.3 is 0 Å². The quantitative estimate of drug-likeness (QED) is 0.178. The Balaban J connectivity index is 1.25. The Morgan fingerprint density at radius 3 is 2.57 bits per heavy atom. The van der Waals surface area contributed by atoms with Gasteiger partial charge in [0, 0.05) is 80.4 Å². The van der Waals surface area contributed by atoms with Crippen molar-refractivity contribution in [3.05, 3.63) is 47.3 Å². The molecule has 10 nitrogen and oxygen atoms in total. The van der Waals surface area contributed by atoms with Crippen molar-refractivity contribution in [1.29, 1.82) is 5.41 Å². The summed E-state index contributed by atoms with van der Waals surface area (Å²) in [6, 6.07) is 0. The number of unbranched alkanes of at least 4 members (excludes halogenated alkanes) is 2. The highest BCUT2D eigenvalue weighted by Crippen LogP contribution is 2.54. The molecule has 3 heterocycles. The molecule has 2 N–H and O–H groups in total. The normalized spacial score (nSPS) is 26.8. The maximum atomic E-state index is 13.7. The molecule has 10 heteroatoms. The maximum absolute atomic E-state index is 13.7. The Morgan fingerprint density at radius 1 is 1.14 bits per heavy atom. The van der Waals surface area contributed by atoms with Gasteiger partial charge in [0.1, 0.15) is 12.0 Å². The Morgan fingerprint density at radius 2 is 1.89 bits per heavy atom. The summed E-state index contributed by atoms with van der Waals surface area (Å²) in [7, 11) is 0. The van der Waals surface area contributed by atoms with E-state index in [1.54, 1.807) is 4.90 Å². The van der Waals surface area contributed by atoms with Gasteiger partial charge in [0.15, 0.2) is 0 Å². The minimum Gasteiger partial charge on any atom is -0.355 e. The summed E-state index contributed by atoms with van der Waals surface area (Å²) in [6.45, 7) is 8.82. The molecule has 0 bridgehead atoms. The Labute approximate surface area is 260 Å². The molecule has 5 aliphatic rings. The maximum Gasteiger partial charge on any atom is 0.253 e. The van der Waals surface area contributed by atoms with Crippen LogP contribution < -0.4 is 5.32 Å². The lowest BCUT2D eigenvalue weighted by atomic mass is 9.60. The van der Waals surface area contributed by atoms with Crippen LogP contribution in [0.1, 0.15) is 65.7 Å². The molecular weight excluding hydrogens is 556 g/mol. The first-order valence-electron chi connectivity index (χ1n) is 16.3. The molecule has 4 amide bonds. The van der Waals surface area contributed by atoms with E-state index in [-0.39, 0.29) is 48.6 Å². The van der Waals surface area contributed by atoms with Crippen LogP contribution in [-0.2, 0) is 19.2 Å². The van der Waals surface area contributed by atoms with Gasteiger partial charge in [-0.1, -0.05) is 25.5 Å². The third-order valence-corrected chi connectivity index (χ3v) is 9.84. The Hall–Kier alpha value is -3.82. The van der Waals surface area contributed by atoms with Crippen LogP contribution in [0, 0.1) is 28.6 Å². The second-order valence-corrected chi connectivity index (χ2v) is 12.5. The van der Waals surface area contributed by atoms with Crippen molar-refractivity contribution in [3.8, 4) is 0 Å². The van der Waals surface area contributed by atoms with Crippen molar-refractivity contribution in [1.82, 2.24) is 20.0 Å². The molecular formula is C34H46N6O4. The van der Waals surface area contributed by atoms with Crippen LogP contribution in [0.4, 0.5) is 0 Å². The summed E-state index contributed by atoms with van der Waals surface area (Å²) in [6.07, 6.45) is 16.5. The number of nitrogens with one attached hydrogen (secondary N) is 2. The molecule has 4 atom stereocenters. The van der Waals surface area contributed by atoms with E-state index in [0.29, 0.717) is 44.9 Å². The van der Waals surface area contributed by atoms with E-state index in [9.17, 15) is 19.2 Å². The van der Waals surface area contributed by atoms with Crippen LogP contribution in [0.5, 0.6) is 0 Å². The summed E-state index contributed by atoms with van der Waals surface area (Å²) < 4.78 is 0. The third kappa shape index (κ3) is 5.95. The van der Waals surface area contributed by atoms with Gasteiger partial charge in [-0.25, -0.2) is 0 Å². The predicted octanol–water partition coefficient (Wildman–Crippen LogP) is 3.62. The molecule has 1 saturated carbocycles. The van der Waals surface area contributed by atoms with Crippen molar-refractivity contribution >= 4 is 35.6 Å². The van der Waals surface area contributed by atoms with Crippen molar-refractivity contribution in [3.63, 3.8) is 0 Å². The van der Waals surface area contributed by atoms with Crippen LogP contribution in [0.25, 0.3) is 0 Å². The SMILES string of the molecule is CCC[C@H]1CC=C2C3C(=CN2CC(=O)NCCCCCN2C(=O)C=CC2=O)CC2=NC[C@](C=N)(C(=O)N(CC)CC)C=C2C31. The first-order chi connectivity index (χ1) is 21.3. The molecule has 236 valence electrons.